The smallest absolute Gasteiger partial charge is 0.323 e. The molecule has 0 saturated carbocycles. The molecule has 0 heterocycles. The topological polar surface area (TPSA) is 59.6 Å². The molecule has 0 unspecified atom stereocenters. The normalized spacial score (nSPS) is 10.0. The zero-order valence-corrected chi connectivity index (χ0v) is 12.5. The van der Waals surface area contributed by atoms with Crippen molar-refractivity contribution in [1.82, 2.24) is 0 Å². The number of rotatable bonds is 7. The van der Waals surface area contributed by atoms with Crippen molar-refractivity contribution >= 4 is 17.4 Å². The summed E-state index contributed by atoms with van der Waals surface area (Å²) < 4.78 is 10.9. The molecule has 0 aliphatic carbocycles. The quantitative estimate of drug-likeness (QED) is 0.766. The van der Waals surface area contributed by atoms with Crippen LogP contribution in [0.1, 0.15) is 6.92 Å². The van der Waals surface area contributed by atoms with Crippen molar-refractivity contribution in [2.75, 3.05) is 30.5 Å². The number of nitrogens with one attached hydrogen (secondary N) is 2. The Morgan fingerprint density at radius 2 is 1.68 bits per heavy atom. The molecule has 5 heteroatoms. The SMILES string of the molecule is CCOCCOc1ccccc1NC(=O)Nc1ccccc1. The van der Waals surface area contributed by atoms with E-state index in [9.17, 15) is 4.79 Å². The highest BCUT2D eigenvalue weighted by atomic mass is 16.5. The molecule has 0 aliphatic heterocycles. The fraction of sp³-hybridized carbons (Fsp3) is 0.235. The zero-order valence-electron chi connectivity index (χ0n) is 12.5. The summed E-state index contributed by atoms with van der Waals surface area (Å²) in [6, 6.07) is 16.3. The van der Waals surface area contributed by atoms with Crippen LogP contribution in [0.5, 0.6) is 5.75 Å². The molecule has 0 saturated heterocycles. The molecule has 0 radical (unpaired) electrons. The van der Waals surface area contributed by atoms with Crippen LogP contribution in [0.2, 0.25) is 0 Å². The van der Waals surface area contributed by atoms with Crippen LogP contribution in [0, 0.1) is 0 Å². The largest absolute Gasteiger partial charge is 0.489 e. The van der Waals surface area contributed by atoms with Gasteiger partial charge < -0.3 is 20.1 Å². The van der Waals surface area contributed by atoms with Gasteiger partial charge in [-0.05, 0) is 31.2 Å². The summed E-state index contributed by atoms with van der Waals surface area (Å²) in [6.07, 6.45) is 0. The Morgan fingerprint density at radius 3 is 2.45 bits per heavy atom. The maximum absolute atomic E-state index is 12.0. The molecule has 116 valence electrons. The van der Waals surface area contributed by atoms with E-state index >= 15 is 0 Å². The standard InChI is InChI=1S/C17H20N2O3/c1-2-21-12-13-22-16-11-7-6-10-15(16)19-17(20)18-14-8-4-3-5-9-14/h3-11H,2,12-13H2,1H3,(H2,18,19,20). The molecule has 0 spiro atoms. The van der Waals surface area contributed by atoms with E-state index < -0.39 is 0 Å². The van der Waals surface area contributed by atoms with E-state index in [1.807, 2.05) is 55.5 Å². The van der Waals surface area contributed by atoms with Gasteiger partial charge in [0.05, 0.1) is 12.3 Å². The van der Waals surface area contributed by atoms with Gasteiger partial charge in [0.15, 0.2) is 0 Å². The molecular formula is C17H20N2O3. The first-order valence-corrected chi connectivity index (χ1v) is 7.22. The highest BCUT2D eigenvalue weighted by Crippen LogP contribution is 2.23. The summed E-state index contributed by atoms with van der Waals surface area (Å²) in [4.78, 5) is 12.0. The Bertz CT molecular complexity index is 587. The number of amides is 2. The fourth-order valence-electron chi connectivity index (χ4n) is 1.86. The van der Waals surface area contributed by atoms with Crippen molar-refractivity contribution in [3.8, 4) is 5.75 Å². The first-order chi connectivity index (χ1) is 10.8. The second-order valence-corrected chi connectivity index (χ2v) is 4.49. The summed E-state index contributed by atoms with van der Waals surface area (Å²) in [5.41, 5.74) is 1.35. The van der Waals surface area contributed by atoms with Crippen molar-refractivity contribution in [2.24, 2.45) is 0 Å². The molecule has 0 atom stereocenters. The monoisotopic (exact) mass is 300 g/mol. The first kappa shape index (κ1) is 15.9. The number of carbonyl (C=O) groups is 1. The third kappa shape index (κ3) is 5.10. The van der Waals surface area contributed by atoms with Gasteiger partial charge in [-0.25, -0.2) is 4.79 Å². The molecule has 2 aromatic carbocycles. The van der Waals surface area contributed by atoms with Gasteiger partial charge >= 0.3 is 6.03 Å². The molecule has 0 bridgehead atoms. The molecular weight excluding hydrogens is 280 g/mol. The molecule has 2 aromatic rings. The molecule has 0 fully saturated rings. The van der Waals surface area contributed by atoms with E-state index in [1.54, 1.807) is 6.07 Å². The van der Waals surface area contributed by atoms with Crippen LogP contribution in [-0.2, 0) is 4.74 Å². The van der Waals surface area contributed by atoms with Gasteiger partial charge in [-0.3, -0.25) is 0 Å². The average Bonchev–Trinajstić information content (AvgIpc) is 2.54. The van der Waals surface area contributed by atoms with E-state index in [4.69, 9.17) is 9.47 Å². The van der Waals surface area contributed by atoms with E-state index in [0.717, 1.165) is 5.69 Å². The summed E-state index contributed by atoms with van der Waals surface area (Å²) in [6.45, 7) is 3.54. The molecule has 0 aliphatic rings. The zero-order chi connectivity index (χ0) is 15.6. The van der Waals surface area contributed by atoms with Crippen molar-refractivity contribution < 1.29 is 14.3 Å². The number of ether oxygens (including phenoxy) is 2. The predicted octanol–water partition coefficient (Wildman–Crippen LogP) is 3.75. The van der Waals surface area contributed by atoms with Crippen LogP contribution in [0.3, 0.4) is 0 Å². The Hall–Kier alpha value is -2.53. The van der Waals surface area contributed by atoms with E-state index in [1.165, 1.54) is 0 Å². The van der Waals surface area contributed by atoms with Gasteiger partial charge in [0, 0.05) is 12.3 Å². The minimum atomic E-state index is -0.313. The maximum atomic E-state index is 12.0. The fourth-order valence-corrected chi connectivity index (χ4v) is 1.86. The maximum Gasteiger partial charge on any atom is 0.323 e. The van der Waals surface area contributed by atoms with Crippen LogP contribution >= 0.6 is 0 Å². The Labute approximate surface area is 130 Å². The molecule has 22 heavy (non-hydrogen) atoms. The lowest BCUT2D eigenvalue weighted by molar-refractivity contribution is 0.110. The lowest BCUT2D eigenvalue weighted by Gasteiger charge is -2.13. The molecule has 2 rings (SSSR count). The van der Waals surface area contributed by atoms with Gasteiger partial charge in [0.1, 0.15) is 12.4 Å². The summed E-state index contributed by atoms with van der Waals surface area (Å²) >= 11 is 0. The third-order valence-electron chi connectivity index (χ3n) is 2.86. The van der Waals surface area contributed by atoms with E-state index in [-0.39, 0.29) is 6.03 Å². The van der Waals surface area contributed by atoms with Crippen LogP contribution in [-0.4, -0.2) is 25.9 Å². The second kappa shape index (κ2) is 8.69. The Balaban J connectivity index is 1.92. The number of para-hydroxylation sites is 3. The van der Waals surface area contributed by atoms with Crippen LogP contribution in [0.15, 0.2) is 54.6 Å². The van der Waals surface area contributed by atoms with Crippen LogP contribution in [0.4, 0.5) is 16.2 Å². The Kier molecular flexibility index (Phi) is 6.26. The molecule has 0 aromatic heterocycles. The van der Waals surface area contributed by atoms with Crippen LogP contribution in [0.25, 0.3) is 0 Å². The highest BCUT2D eigenvalue weighted by Gasteiger charge is 2.07. The molecule has 2 N–H and O–H groups in total. The highest BCUT2D eigenvalue weighted by molar-refractivity contribution is 6.00. The minimum Gasteiger partial charge on any atom is -0.489 e. The average molecular weight is 300 g/mol. The van der Waals surface area contributed by atoms with E-state index in [0.29, 0.717) is 31.3 Å². The number of hydrogen-bond acceptors (Lipinski definition) is 3. The summed E-state index contributed by atoms with van der Waals surface area (Å²) in [5.74, 6) is 0.616. The predicted molar refractivity (Wildman–Crippen MR) is 87.5 cm³/mol. The molecule has 2 amide bonds. The van der Waals surface area contributed by atoms with Gasteiger partial charge in [0.2, 0.25) is 0 Å². The van der Waals surface area contributed by atoms with Crippen LogP contribution < -0.4 is 15.4 Å². The van der Waals surface area contributed by atoms with E-state index in [2.05, 4.69) is 10.6 Å². The van der Waals surface area contributed by atoms with Crippen molar-refractivity contribution in [1.29, 1.82) is 0 Å². The number of hydrogen-bond donors (Lipinski definition) is 2. The van der Waals surface area contributed by atoms with Gasteiger partial charge in [0.25, 0.3) is 0 Å². The van der Waals surface area contributed by atoms with Gasteiger partial charge in [-0.2, -0.15) is 0 Å². The number of urea groups is 1. The van der Waals surface area contributed by atoms with Gasteiger partial charge in [-0.1, -0.05) is 30.3 Å². The lowest BCUT2D eigenvalue weighted by atomic mass is 10.3. The number of carbonyl (C=O) groups excluding carboxylic acids is 1. The number of benzene rings is 2. The van der Waals surface area contributed by atoms with Crippen molar-refractivity contribution in [3.63, 3.8) is 0 Å². The third-order valence-corrected chi connectivity index (χ3v) is 2.86. The first-order valence-electron chi connectivity index (χ1n) is 7.22. The second-order valence-electron chi connectivity index (χ2n) is 4.49. The summed E-state index contributed by atoms with van der Waals surface area (Å²) in [5, 5.41) is 5.55. The lowest BCUT2D eigenvalue weighted by Crippen LogP contribution is -2.20. The van der Waals surface area contributed by atoms with Crippen molar-refractivity contribution in [3.05, 3.63) is 54.6 Å². The number of anilines is 2. The minimum absolute atomic E-state index is 0.313. The van der Waals surface area contributed by atoms with Gasteiger partial charge in [-0.15, -0.1) is 0 Å². The summed E-state index contributed by atoms with van der Waals surface area (Å²) in [7, 11) is 0. The molecule has 5 nitrogen and oxygen atoms in total. The Morgan fingerprint density at radius 1 is 0.955 bits per heavy atom. The van der Waals surface area contributed by atoms with Crippen molar-refractivity contribution in [2.45, 2.75) is 6.92 Å².